The van der Waals surface area contributed by atoms with Gasteiger partial charge in [0.05, 0.1) is 23.2 Å². The molecule has 0 aromatic heterocycles. The number of anilines is 1. The van der Waals surface area contributed by atoms with Crippen LogP contribution in [-0.4, -0.2) is 93.9 Å². The normalized spacial score (nSPS) is 31.0. The van der Waals surface area contributed by atoms with E-state index in [-0.39, 0.29) is 30.2 Å². The number of piperidine rings is 1. The minimum atomic E-state index is -2.73. The number of aliphatic hydroxyl groups is 1. The minimum absolute atomic E-state index is 0.00288. The van der Waals surface area contributed by atoms with Crippen molar-refractivity contribution in [1.29, 1.82) is 0 Å². The lowest BCUT2D eigenvalue weighted by atomic mass is 9.52. The number of aromatic hydroxyl groups is 1. The molecule has 0 radical (unpaired) electrons. The highest BCUT2D eigenvalue weighted by Crippen LogP contribution is 2.51. The Morgan fingerprint density at radius 3 is 2.36 bits per heavy atom. The summed E-state index contributed by atoms with van der Waals surface area (Å²) >= 11 is 0. The van der Waals surface area contributed by atoms with Crippen LogP contribution in [0.1, 0.15) is 40.7 Å². The number of rotatable bonds is 6. The molecule has 44 heavy (non-hydrogen) atoms. The van der Waals surface area contributed by atoms with Crippen molar-refractivity contribution in [2.75, 3.05) is 32.5 Å². The number of phenolic OH excluding ortho intramolecular Hbond substituents is 1. The van der Waals surface area contributed by atoms with E-state index in [0.717, 1.165) is 32.5 Å². The van der Waals surface area contributed by atoms with Crippen molar-refractivity contribution in [3.05, 3.63) is 59.2 Å². The fourth-order valence-electron chi connectivity index (χ4n) is 7.99. The Labute approximate surface area is 255 Å². The molecule has 3 aliphatic carbocycles. The number of hydrogen-bond donors (Lipinski definition) is 4. The molecule has 11 heteroatoms. The Morgan fingerprint density at radius 2 is 1.73 bits per heavy atom. The SMILES string of the molecule is CN(C)[C@H]1C(=O)C(C(N)=O)C(=O)[C@]2(O)C(=O)C3C(=O)c4c(ccc(NC5CCN(Cc6ccccc6)CC5)c4O)C[C@@H]3C[C@H]12. The summed E-state index contributed by atoms with van der Waals surface area (Å²) in [5.74, 6) is -10.3. The molecule has 1 aliphatic heterocycles. The summed E-state index contributed by atoms with van der Waals surface area (Å²) in [5, 5.41) is 26.4. The fraction of sp³-hybridized carbons (Fsp3) is 0.485. The third kappa shape index (κ3) is 4.74. The lowest BCUT2D eigenvalue weighted by Gasteiger charge is -2.52. The molecule has 1 saturated heterocycles. The molecule has 1 heterocycles. The van der Waals surface area contributed by atoms with Gasteiger partial charge in [-0.25, -0.2) is 0 Å². The second-order valence-electron chi connectivity index (χ2n) is 13.0. The van der Waals surface area contributed by atoms with Gasteiger partial charge >= 0.3 is 0 Å². The number of nitrogens with zero attached hydrogens (tertiary/aromatic N) is 2. The van der Waals surface area contributed by atoms with Crippen LogP contribution in [0, 0.1) is 23.7 Å². The van der Waals surface area contributed by atoms with E-state index in [0.29, 0.717) is 11.3 Å². The first-order chi connectivity index (χ1) is 20.9. The number of carbonyl (C=O) groups excluding carboxylic acids is 5. The van der Waals surface area contributed by atoms with Crippen LogP contribution in [0.25, 0.3) is 0 Å². The summed E-state index contributed by atoms with van der Waals surface area (Å²) in [6, 6.07) is 12.7. The van der Waals surface area contributed by atoms with Gasteiger partial charge in [0, 0.05) is 31.6 Å². The summed E-state index contributed by atoms with van der Waals surface area (Å²) < 4.78 is 0. The van der Waals surface area contributed by atoms with E-state index >= 15 is 0 Å². The van der Waals surface area contributed by atoms with Gasteiger partial charge in [-0.3, -0.25) is 33.8 Å². The van der Waals surface area contributed by atoms with Gasteiger partial charge in [-0.2, -0.15) is 0 Å². The number of amides is 1. The number of ketones is 4. The van der Waals surface area contributed by atoms with E-state index in [9.17, 15) is 34.2 Å². The summed E-state index contributed by atoms with van der Waals surface area (Å²) in [6.45, 7) is 2.60. The van der Waals surface area contributed by atoms with E-state index in [1.165, 1.54) is 10.5 Å². The number of fused-ring (bicyclic) bond motifs is 3. The first-order valence-electron chi connectivity index (χ1n) is 15.2. The molecule has 232 valence electrons. The van der Waals surface area contributed by atoms with Gasteiger partial charge < -0.3 is 21.3 Å². The topological polar surface area (TPSA) is 170 Å². The molecule has 5 N–H and O–H groups in total. The molecular weight excluding hydrogens is 564 g/mol. The zero-order valence-corrected chi connectivity index (χ0v) is 24.9. The third-order valence-corrected chi connectivity index (χ3v) is 10.1. The Morgan fingerprint density at radius 1 is 1.05 bits per heavy atom. The van der Waals surface area contributed by atoms with Crippen molar-refractivity contribution in [2.24, 2.45) is 29.4 Å². The molecule has 6 atom stereocenters. The van der Waals surface area contributed by atoms with Crippen molar-refractivity contribution < 1.29 is 34.2 Å². The highest BCUT2D eigenvalue weighted by Gasteiger charge is 2.69. The summed E-state index contributed by atoms with van der Waals surface area (Å²) in [4.78, 5) is 70.6. The quantitative estimate of drug-likeness (QED) is 0.276. The maximum Gasteiger partial charge on any atom is 0.235 e. The van der Waals surface area contributed by atoms with Gasteiger partial charge in [0.25, 0.3) is 0 Å². The first-order valence-corrected chi connectivity index (χ1v) is 15.2. The number of likely N-dealkylation sites (N-methyl/N-ethyl adjacent to an activating group) is 1. The second-order valence-corrected chi connectivity index (χ2v) is 13.0. The summed E-state index contributed by atoms with van der Waals surface area (Å²) in [5.41, 5.74) is 4.87. The van der Waals surface area contributed by atoms with Crippen LogP contribution in [0.2, 0.25) is 0 Å². The van der Waals surface area contributed by atoms with E-state index < -0.39 is 64.4 Å². The standard InChI is InChI=1S/C33H38N4O7/c1-36(2)26-21-15-19-14-18-8-9-22(35-20-10-12-37(13-11-20)16-17-6-4-3-5-7-17)27(38)23(18)28(39)24(19)30(41)33(21,44)31(42)25(29(26)40)32(34)43/h3-9,19-21,24-26,35,38,44H,10-16H2,1-2H3,(H2,34,43)/t19-,21-,24?,25?,26-,33-/m1/s1. The van der Waals surface area contributed by atoms with Crippen LogP contribution in [0.15, 0.2) is 42.5 Å². The number of primary amides is 1. The number of likely N-dealkylation sites (tertiary alicyclic amines) is 1. The third-order valence-electron chi connectivity index (χ3n) is 10.1. The number of phenols is 1. The number of nitrogens with two attached hydrogens (primary N) is 1. The van der Waals surface area contributed by atoms with Gasteiger partial charge in [0.2, 0.25) is 5.91 Å². The van der Waals surface area contributed by atoms with E-state index in [1.807, 2.05) is 18.2 Å². The molecular formula is C33H38N4O7. The van der Waals surface area contributed by atoms with Crippen LogP contribution in [0.5, 0.6) is 5.75 Å². The largest absolute Gasteiger partial charge is 0.505 e. The molecule has 2 aromatic rings. The van der Waals surface area contributed by atoms with Crippen molar-refractivity contribution in [3.8, 4) is 5.75 Å². The van der Waals surface area contributed by atoms with E-state index in [1.54, 1.807) is 26.2 Å². The van der Waals surface area contributed by atoms with Crippen LogP contribution in [0.3, 0.4) is 0 Å². The van der Waals surface area contributed by atoms with Gasteiger partial charge in [0.15, 0.2) is 34.7 Å². The highest BCUT2D eigenvalue weighted by molar-refractivity contribution is 6.32. The lowest BCUT2D eigenvalue weighted by Crippen LogP contribution is -2.74. The van der Waals surface area contributed by atoms with Gasteiger partial charge in [-0.15, -0.1) is 0 Å². The number of Topliss-reactive ketones (excluding diaryl/α,β-unsaturated/α-hetero) is 4. The average Bonchev–Trinajstić information content (AvgIpc) is 2.97. The predicted octanol–water partition coefficient (Wildman–Crippen LogP) is 0.944. The Kier molecular flexibility index (Phi) is 7.67. The molecule has 6 rings (SSSR count). The maximum atomic E-state index is 14.0. The number of carbonyl (C=O) groups is 5. The molecule has 4 aliphatic rings. The van der Waals surface area contributed by atoms with Gasteiger partial charge in [-0.1, -0.05) is 36.4 Å². The molecule has 11 nitrogen and oxygen atoms in total. The number of hydrogen-bond acceptors (Lipinski definition) is 10. The van der Waals surface area contributed by atoms with Crippen LogP contribution < -0.4 is 11.1 Å². The Hall–Kier alpha value is -3.93. The fourth-order valence-corrected chi connectivity index (χ4v) is 7.99. The Balaban J connectivity index is 1.24. The van der Waals surface area contributed by atoms with Crippen molar-refractivity contribution in [3.63, 3.8) is 0 Å². The summed E-state index contributed by atoms with van der Waals surface area (Å²) in [7, 11) is 3.13. The van der Waals surface area contributed by atoms with Crippen molar-refractivity contribution >= 4 is 34.7 Å². The molecule has 0 bridgehead atoms. The molecule has 2 saturated carbocycles. The maximum absolute atomic E-state index is 14.0. The van der Waals surface area contributed by atoms with Gasteiger partial charge in [0.1, 0.15) is 5.75 Å². The summed E-state index contributed by atoms with van der Waals surface area (Å²) in [6.07, 6.45) is 1.96. The average molecular weight is 603 g/mol. The number of benzene rings is 2. The smallest absolute Gasteiger partial charge is 0.235 e. The molecule has 0 spiro atoms. The van der Waals surface area contributed by atoms with Gasteiger partial charge in [-0.05, 0) is 62.9 Å². The minimum Gasteiger partial charge on any atom is -0.505 e. The number of nitrogens with one attached hydrogen (secondary N) is 1. The highest BCUT2D eigenvalue weighted by atomic mass is 16.3. The monoisotopic (exact) mass is 602 g/mol. The molecule has 1 amide bonds. The molecule has 3 fully saturated rings. The van der Waals surface area contributed by atoms with Crippen LogP contribution in [-0.2, 0) is 32.1 Å². The molecule has 2 aromatic carbocycles. The van der Waals surface area contributed by atoms with E-state index in [2.05, 4.69) is 22.3 Å². The predicted molar refractivity (Wildman–Crippen MR) is 160 cm³/mol. The van der Waals surface area contributed by atoms with Crippen LogP contribution >= 0.6 is 0 Å². The lowest BCUT2D eigenvalue weighted by molar-refractivity contribution is -0.181. The first kappa shape index (κ1) is 30.1. The molecule has 2 unspecified atom stereocenters. The Bertz CT molecular complexity index is 1530. The zero-order valence-electron chi connectivity index (χ0n) is 24.9. The second kappa shape index (κ2) is 11.2. The van der Waals surface area contributed by atoms with E-state index in [4.69, 9.17) is 5.73 Å². The zero-order chi connectivity index (χ0) is 31.5. The van der Waals surface area contributed by atoms with Crippen molar-refractivity contribution in [2.45, 2.75) is 49.9 Å². The van der Waals surface area contributed by atoms with Crippen LogP contribution in [0.4, 0.5) is 5.69 Å². The van der Waals surface area contributed by atoms with Crippen molar-refractivity contribution in [1.82, 2.24) is 9.80 Å².